The van der Waals surface area contributed by atoms with Crippen LogP contribution in [0.5, 0.6) is 5.75 Å². The summed E-state index contributed by atoms with van der Waals surface area (Å²) >= 11 is 1.06. The van der Waals surface area contributed by atoms with E-state index in [0.29, 0.717) is 23.9 Å². The summed E-state index contributed by atoms with van der Waals surface area (Å²) in [7, 11) is -4.95. The number of halogens is 3. The molecule has 4 rings (SSSR count). The van der Waals surface area contributed by atoms with Crippen LogP contribution in [-0.2, 0) is 33.9 Å². The summed E-state index contributed by atoms with van der Waals surface area (Å²) in [5.41, 5.74) is 9.76. The summed E-state index contributed by atoms with van der Waals surface area (Å²) in [6.07, 6.45) is -3.40. The summed E-state index contributed by atoms with van der Waals surface area (Å²) in [6.45, 7) is 3.96. The smallest absolute Gasteiger partial charge is 0.490 e. The molecule has 262 valence electrons. The number of carbonyl (C=O) groups is 3. The van der Waals surface area contributed by atoms with Gasteiger partial charge in [-0.15, -0.1) is 15.6 Å². The Kier molecular flexibility index (Phi) is 12.0. The number of benzene rings is 1. The number of β-lactam (4-membered cyclic amide) rings is 1. The molecule has 0 spiro atoms. The lowest BCUT2D eigenvalue weighted by Gasteiger charge is -2.50. The minimum absolute atomic E-state index is 0.0437. The summed E-state index contributed by atoms with van der Waals surface area (Å²) < 4.78 is 72.8. The molecule has 0 bridgehead atoms. The number of rotatable bonds is 13. The van der Waals surface area contributed by atoms with Gasteiger partial charge in [0.1, 0.15) is 29.9 Å². The van der Waals surface area contributed by atoms with Crippen molar-refractivity contribution >= 4 is 67.0 Å². The number of nitrogen functional groups attached to an aromatic ring is 1. The van der Waals surface area contributed by atoms with Crippen LogP contribution >= 0.6 is 11.3 Å². The normalized spacial score (nSPS) is 16.0. The number of nitrogens with one attached hydrogen (secondary N) is 2. The van der Waals surface area contributed by atoms with Crippen LogP contribution in [0.3, 0.4) is 0 Å². The van der Waals surface area contributed by atoms with Crippen LogP contribution < -0.4 is 26.8 Å². The highest BCUT2D eigenvalue weighted by molar-refractivity contribution is 7.80. The van der Waals surface area contributed by atoms with Crippen molar-refractivity contribution < 1.29 is 59.5 Å². The number of hydrogen-bond donors (Lipinski definition) is 6. The largest absolute Gasteiger partial charge is 0.490 e. The second-order valence-corrected chi connectivity index (χ2v) is 11.8. The molecule has 1 aliphatic heterocycles. The quantitative estimate of drug-likeness (QED) is 0.0471. The molecule has 3 heterocycles. The number of nitrogens with two attached hydrogens (primary N) is 2. The number of ether oxygens (including phenoxy) is 1. The van der Waals surface area contributed by atoms with Crippen molar-refractivity contribution in [2.45, 2.75) is 31.6 Å². The third kappa shape index (κ3) is 9.83. The maximum Gasteiger partial charge on any atom is 0.490 e. The maximum absolute atomic E-state index is 13.1. The molecular weight excluding hydrogens is 693 g/mol. The molecular formula is C25H29F3N8O10S2. The Morgan fingerprint density at radius 2 is 1.92 bits per heavy atom. The molecule has 0 saturated carbocycles. The van der Waals surface area contributed by atoms with Gasteiger partial charge in [0.2, 0.25) is 0 Å². The minimum atomic E-state index is -5.08. The van der Waals surface area contributed by atoms with Gasteiger partial charge in [0.15, 0.2) is 17.5 Å². The number of carboxylic acids is 1. The molecule has 1 aliphatic rings. The van der Waals surface area contributed by atoms with Crippen LogP contribution in [0.15, 0.2) is 41.0 Å². The Hall–Kier alpha value is -4.84. The third-order valence-corrected chi connectivity index (χ3v) is 7.13. The van der Waals surface area contributed by atoms with E-state index in [1.54, 1.807) is 12.3 Å². The van der Waals surface area contributed by atoms with Gasteiger partial charge in [-0.2, -0.15) is 26.7 Å². The van der Waals surface area contributed by atoms with E-state index in [4.69, 9.17) is 35.5 Å². The summed E-state index contributed by atoms with van der Waals surface area (Å²) in [5, 5.41) is 20.6. The third-order valence-electron chi connectivity index (χ3n) is 6.12. The van der Waals surface area contributed by atoms with Gasteiger partial charge >= 0.3 is 22.5 Å². The molecule has 3 aromatic rings. The highest BCUT2D eigenvalue weighted by Gasteiger charge is 2.58. The molecule has 48 heavy (non-hydrogen) atoms. The highest BCUT2D eigenvalue weighted by atomic mass is 32.3. The molecule has 2 amide bonds. The molecule has 0 unspecified atom stereocenters. The zero-order valence-corrected chi connectivity index (χ0v) is 26.6. The van der Waals surface area contributed by atoms with Crippen molar-refractivity contribution in [2.24, 2.45) is 10.9 Å². The van der Waals surface area contributed by atoms with Gasteiger partial charge < -0.3 is 36.8 Å². The Labute approximate surface area is 273 Å². The van der Waals surface area contributed by atoms with E-state index in [-0.39, 0.29) is 29.8 Å². The fourth-order valence-corrected chi connectivity index (χ4v) is 4.91. The average Bonchev–Trinajstić information content (AvgIpc) is 3.43. The first-order chi connectivity index (χ1) is 22.3. The lowest BCUT2D eigenvalue weighted by molar-refractivity contribution is -0.218. The van der Waals surface area contributed by atoms with Gasteiger partial charge in [0.05, 0.1) is 5.54 Å². The van der Waals surface area contributed by atoms with Gasteiger partial charge in [0.25, 0.3) is 11.8 Å². The van der Waals surface area contributed by atoms with Crippen LogP contribution in [-0.4, -0.2) is 101 Å². The molecule has 2 aromatic heterocycles. The molecule has 23 heteroatoms. The summed E-state index contributed by atoms with van der Waals surface area (Å²) in [6, 6.07) is 6.15. The van der Waals surface area contributed by atoms with Crippen molar-refractivity contribution in [1.82, 2.24) is 20.3 Å². The predicted octanol–water partition coefficient (Wildman–Crippen LogP) is 0.917. The Morgan fingerprint density at radius 3 is 2.48 bits per heavy atom. The lowest BCUT2D eigenvalue weighted by atomic mass is 9.84. The number of carbonyl (C=O) groups excluding carboxylic acids is 2. The standard InChI is InChI=1S/C23H28N8O8S2.C2HF3O2/c1-23(2)18(21(33)31(23)39-41(34,35)36)29-20(32)17(16-12-40-22(25)28-16)30-38-10-9-37-14-3-4-15-13(11-14)5-7-26-19(15)27-8-6-24;3-2(4,5)1(6)7/h3-5,7,11-12,18H,6,8-10,24H2,1-2H3,(H2,25,28)(H,26,27)(H,29,32)(H,34,35,36);(H,6,7)/b30-17-;/t18-;/m1./s1. The van der Waals surface area contributed by atoms with Crippen molar-refractivity contribution in [2.75, 3.05) is 37.4 Å². The zero-order chi connectivity index (χ0) is 35.9. The van der Waals surface area contributed by atoms with Gasteiger partial charge in [-0.05, 0) is 43.5 Å². The van der Waals surface area contributed by atoms with E-state index >= 15 is 0 Å². The van der Waals surface area contributed by atoms with Gasteiger partial charge in [-0.25, -0.2) is 14.8 Å². The SMILES string of the molecule is CC1(C)[C@H](NC(=O)/C(=N\OCCOc2ccc3c(NCCN)nccc3c2)c2csc(N)n2)C(=O)N1OS(=O)(=O)O.O=C(O)C(F)(F)F. The second kappa shape index (κ2) is 15.4. The lowest BCUT2D eigenvalue weighted by Crippen LogP contribution is -2.76. The molecule has 0 aliphatic carbocycles. The second-order valence-electron chi connectivity index (χ2n) is 9.95. The number of hydroxylamine groups is 2. The van der Waals surface area contributed by atoms with Crippen LogP contribution in [0.2, 0.25) is 0 Å². The number of alkyl halides is 3. The first-order valence-corrected chi connectivity index (χ1v) is 15.6. The van der Waals surface area contributed by atoms with E-state index in [0.717, 1.165) is 27.9 Å². The van der Waals surface area contributed by atoms with Crippen LogP contribution in [0, 0.1) is 0 Å². The fourth-order valence-electron chi connectivity index (χ4n) is 3.90. The fraction of sp³-hybridized carbons (Fsp3) is 0.360. The number of nitrogens with zero attached hydrogens (tertiary/aromatic N) is 4. The summed E-state index contributed by atoms with van der Waals surface area (Å²) in [5.74, 6) is -3.20. The predicted molar refractivity (Wildman–Crippen MR) is 163 cm³/mol. The number of aliphatic carboxylic acids is 1. The average molecular weight is 723 g/mol. The number of pyridine rings is 1. The number of thiazole rings is 1. The van der Waals surface area contributed by atoms with Gasteiger partial charge in [0, 0.05) is 30.1 Å². The van der Waals surface area contributed by atoms with Crippen LogP contribution in [0.4, 0.5) is 24.1 Å². The van der Waals surface area contributed by atoms with Crippen LogP contribution in [0.25, 0.3) is 10.8 Å². The van der Waals surface area contributed by atoms with Crippen molar-refractivity contribution in [3.8, 4) is 5.75 Å². The number of amides is 2. The number of oxime groups is 1. The first kappa shape index (κ1) is 37.6. The zero-order valence-electron chi connectivity index (χ0n) is 24.9. The topological polar surface area (TPSA) is 271 Å². The van der Waals surface area contributed by atoms with E-state index in [2.05, 4.69) is 30.0 Å². The van der Waals surface area contributed by atoms with Gasteiger partial charge in [-0.1, -0.05) is 5.16 Å². The number of hydrogen-bond acceptors (Lipinski definition) is 15. The van der Waals surface area contributed by atoms with E-state index in [9.17, 15) is 31.2 Å². The van der Waals surface area contributed by atoms with E-state index in [1.807, 2.05) is 18.2 Å². The van der Waals surface area contributed by atoms with Crippen molar-refractivity contribution in [3.63, 3.8) is 0 Å². The van der Waals surface area contributed by atoms with Crippen molar-refractivity contribution in [3.05, 3.63) is 41.5 Å². The first-order valence-electron chi connectivity index (χ1n) is 13.3. The van der Waals surface area contributed by atoms with E-state index in [1.165, 1.54) is 19.2 Å². The molecule has 18 nitrogen and oxygen atoms in total. The number of fused-ring (bicyclic) bond motifs is 1. The minimum Gasteiger partial charge on any atom is -0.490 e. The van der Waals surface area contributed by atoms with Crippen LogP contribution in [0.1, 0.15) is 19.5 Å². The maximum atomic E-state index is 13.1. The monoisotopic (exact) mass is 722 g/mol. The van der Waals surface area contributed by atoms with Gasteiger partial charge in [-0.3, -0.25) is 14.1 Å². The van der Waals surface area contributed by atoms with E-state index < -0.39 is 45.9 Å². The molecule has 1 atom stereocenters. The highest BCUT2D eigenvalue weighted by Crippen LogP contribution is 2.33. The molecule has 8 N–H and O–H groups in total. The number of anilines is 2. The number of aromatic nitrogens is 2. The number of carboxylic acid groups (broad SMARTS) is 1. The molecule has 0 radical (unpaired) electrons. The Bertz CT molecular complexity index is 1790. The molecule has 1 fully saturated rings. The Balaban J connectivity index is 0.000000804. The summed E-state index contributed by atoms with van der Waals surface area (Å²) in [4.78, 5) is 48.1. The molecule has 1 saturated heterocycles. The molecule has 1 aromatic carbocycles. The Morgan fingerprint density at radius 1 is 1.23 bits per heavy atom. The van der Waals surface area contributed by atoms with Crippen molar-refractivity contribution in [1.29, 1.82) is 0 Å².